The first-order valence-electron chi connectivity index (χ1n) is 12.6. The molecule has 1 aliphatic heterocycles. The van der Waals surface area contributed by atoms with Crippen molar-refractivity contribution in [2.24, 2.45) is 23.2 Å². The standard InChI is InChI=1S/C29H34O4/c1-19-14-25-21(15-26(19)31-18-20-6-4-3-5-7-20)8-9-24-23(25)10-11-28(2)27(24)22(17-30)16-29(28)32-12-13-33-29/h3-7,14-15,17,22-24,27H,8-13,16,18H2,1-2H3/t22-,23+,24-,27+,28+/m1/s1. The second kappa shape index (κ2) is 7.95. The molecular formula is C29H34O4. The van der Waals surface area contributed by atoms with E-state index in [2.05, 4.69) is 50.2 Å². The van der Waals surface area contributed by atoms with E-state index in [4.69, 9.17) is 14.2 Å². The Labute approximate surface area is 196 Å². The zero-order chi connectivity index (χ0) is 22.6. The summed E-state index contributed by atoms with van der Waals surface area (Å²) in [6, 6.07) is 15.0. The normalized spacial score (nSPS) is 33.9. The number of aldehydes is 1. The second-order valence-electron chi connectivity index (χ2n) is 10.8. The highest BCUT2D eigenvalue weighted by Gasteiger charge is 2.68. The number of carbonyl (C=O) groups excluding carboxylic acids is 1. The summed E-state index contributed by atoms with van der Waals surface area (Å²) < 4.78 is 18.7. The van der Waals surface area contributed by atoms with Gasteiger partial charge in [-0.25, -0.2) is 0 Å². The van der Waals surface area contributed by atoms with Crippen LogP contribution in [0.15, 0.2) is 42.5 Å². The maximum Gasteiger partial charge on any atom is 0.174 e. The quantitative estimate of drug-likeness (QED) is 0.574. The van der Waals surface area contributed by atoms with Crippen molar-refractivity contribution in [2.45, 2.75) is 64.3 Å². The predicted octanol–water partition coefficient (Wildman–Crippen LogP) is 5.60. The Kier molecular flexibility index (Phi) is 5.15. The van der Waals surface area contributed by atoms with Gasteiger partial charge in [0.2, 0.25) is 0 Å². The molecule has 0 amide bonds. The van der Waals surface area contributed by atoms with E-state index in [1.165, 1.54) is 28.5 Å². The van der Waals surface area contributed by atoms with Crippen LogP contribution >= 0.6 is 0 Å². The molecule has 1 spiro atoms. The Morgan fingerprint density at radius 2 is 1.91 bits per heavy atom. The molecule has 0 N–H and O–H groups in total. The largest absolute Gasteiger partial charge is 0.489 e. The number of hydrogen-bond acceptors (Lipinski definition) is 4. The van der Waals surface area contributed by atoms with Gasteiger partial charge in [-0.2, -0.15) is 0 Å². The van der Waals surface area contributed by atoms with Crippen LogP contribution in [0.4, 0.5) is 0 Å². The molecule has 5 atom stereocenters. The molecule has 0 radical (unpaired) electrons. The van der Waals surface area contributed by atoms with Gasteiger partial charge in [0.15, 0.2) is 5.79 Å². The molecule has 6 rings (SSSR count). The van der Waals surface area contributed by atoms with Gasteiger partial charge in [-0.3, -0.25) is 0 Å². The van der Waals surface area contributed by atoms with Gasteiger partial charge < -0.3 is 19.0 Å². The summed E-state index contributed by atoms with van der Waals surface area (Å²) in [4.78, 5) is 12.2. The second-order valence-corrected chi connectivity index (χ2v) is 10.8. The molecular weight excluding hydrogens is 412 g/mol. The van der Waals surface area contributed by atoms with Crippen LogP contribution in [0.3, 0.4) is 0 Å². The Hall–Kier alpha value is -2.17. The third-order valence-electron chi connectivity index (χ3n) is 9.27. The van der Waals surface area contributed by atoms with E-state index in [-0.39, 0.29) is 11.3 Å². The van der Waals surface area contributed by atoms with E-state index in [1.807, 2.05) is 6.07 Å². The van der Waals surface area contributed by atoms with Crippen molar-refractivity contribution in [1.29, 1.82) is 0 Å². The average molecular weight is 447 g/mol. The molecule has 2 aromatic carbocycles. The summed E-state index contributed by atoms with van der Waals surface area (Å²) in [5, 5.41) is 0. The van der Waals surface area contributed by atoms with Gasteiger partial charge in [0.05, 0.1) is 13.2 Å². The highest BCUT2D eigenvalue weighted by atomic mass is 16.7. The average Bonchev–Trinajstić information content (AvgIpc) is 3.41. The summed E-state index contributed by atoms with van der Waals surface area (Å²) in [5.74, 6) is 1.81. The van der Waals surface area contributed by atoms with Crippen molar-refractivity contribution in [2.75, 3.05) is 13.2 Å². The molecule has 0 aromatic heterocycles. The lowest BCUT2D eigenvalue weighted by Crippen LogP contribution is -2.51. The zero-order valence-electron chi connectivity index (χ0n) is 19.7. The molecule has 174 valence electrons. The fraction of sp³-hybridized carbons (Fsp3) is 0.552. The van der Waals surface area contributed by atoms with Gasteiger partial charge in [0.1, 0.15) is 18.6 Å². The fourth-order valence-electron chi connectivity index (χ4n) is 7.79. The smallest absolute Gasteiger partial charge is 0.174 e. The molecule has 1 saturated heterocycles. The van der Waals surface area contributed by atoms with Crippen LogP contribution in [0.25, 0.3) is 0 Å². The maximum absolute atomic E-state index is 12.2. The third kappa shape index (κ3) is 3.21. The van der Waals surface area contributed by atoms with Crippen LogP contribution in [-0.4, -0.2) is 25.3 Å². The lowest BCUT2D eigenvalue weighted by atomic mass is 9.53. The Balaban J connectivity index is 1.29. The monoisotopic (exact) mass is 446 g/mol. The summed E-state index contributed by atoms with van der Waals surface area (Å²) in [5.41, 5.74) is 5.22. The number of rotatable bonds is 4. The highest BCUT2D eigenvalue weighted by Crippen LogP contribution is 2.67. The van der Waals surface area contributed by atoms with Gasteiger partial charge in [-0.15, -0.1) is 0 Å². The van der Waals surface area contributed by atoms with Crippen LogP contribution in [-0.2, 0) is 27.3 Å². The van der Waals surface area contributed by atoms with Gasteiger partial charge in [-0.05, 0) is 78.7 Å². The van der Waals surface area contributed by atoms with E-state index < -0.39 is 5.79 Å². The lowest BCUT2D eigenvalue weighted by molar-refractivity contribution is -0.237. The zero-order valence-corrected chi connectivity index (χ0v) is 19.7. The number of benzene rings is 2. The molecule has 2 aromatic rings. The van der Waals surface area contributed by atoms with Crippen molar-refractivity contribution in [1.82, 2.24) is 0 Å². The molecule has 4 nitrogen and oxygen atoms in total. The number of aryl methyl sites for hydroxylation is 2. The summed E-state index contributed by atoms with van der Waals surface area (Å²) in [6.45, 7) is 6.39. The SMILES string of the molecule is Cc1cc2c(cc1OCc1ccccc1)CC[C@H]1[C@@H]3[C@@H](C=O)CC4(OCCO4)[C@@]3(C)CC[C@H]21. The molecule has 2 saturated carbocycles. The molecule has 4 heteroatoms. The van der Waals surface area contributed by atoms with Crippen LogP contribution in [0.2, 0.25) is 0 Å². The fourth-order valence-corrected chi connectivity index (χ4v) is 7.79. The van der Waals surface area contributed by atoms with E-state index >= 15 is 0 Å². The van der Waals surface area contributed by atoms with E-state index in [0.717, 1.165) is 37.9 Å². The predicted molar refractivity (Wildman–Crippen MR) is 126 cm³/mol. The summed E-state index contributed by atoms with van der Waals surface area (Å²) in [6.07, 6.45) is 6.28. The molecule has 3 aliphatic carbocycles. The molecule has 0 unspecified atom stereocenters. The van der Waals surface area contributed by atoms with Crippen molar-refractivity contribution < 1.29 is 19.0 Å². The number of hydrogen-bond donors (Lipinski definition) is 0. The number of ether oxygens (including phenoxy) is 3. The minimum Gasteiger partial charge on any atom is -0.489 e. The third-order valence-corrected chi connectivity index (χ3v) is 9.27. The minimum absolute atomic E-state index is 0.0250. The van der Waals surface area contributed by atoms with E-state index in [1.54, 1.807) is 0 Å². The first-order valence-corrected chi connectivity index (χ1v) is 12.6. The van der Waals surface area contributed by atoms with Crippen LogP contribution in [0, 0.1) is 30.1 Å². The maximum atomic E-state index is 12.2. The van der Waals surface area contributed by atoms with Gasteiger partial charge in [0, 0.05) is 17.8 Å². The van der Waals surface area contributed by atoms with Crippen molar-refractivity contribution in [3.8, 4) is 5.75 Å². The minimum atomic E-state index is -0.556. The topological polar surface area (TPSA) is 44.8 Å². The number of carbonyl (C=O) groups is 1. The van der Waals surface area contributed by atoms with Gasteiger partial charge >= 0.3 is 0 Å². The Morgan fingerprint density at radius 3 is 2.67 bits per heavy atom. The van der Waals surface area contributed by atoms with Crippen LogP contribution < -0.4 is 4.74 Å². The van der Waals surface area contributed by atoms with Crippen LogP contribution in [0.1, 0.15) is 60.8 Å². The number of fused-ring (bicyclic) bond motifs is 6. The van der Waals surface area contributed by atoms with Crippen molar-refractivity contribution in [3.05, 3.63) is 64.7 Å². The van der Waals surface area contributed by atoms with E-state index in [0.29, 0.717) is 37.6 Å². The van der Waals surface area contributed by atoms with Crippen LogP contribution in [0.5, 0.6) is 5.75 Å². The lowest BCUT2D eigenvalue weighted by Gasteiger charge is -2.53. The van der Waals surface area contributed by atoms with E-state index in [9.17, 15) is 4.79 Å². The molecule has 33 heavy (non-hydrogen) atoms. The highest BCUT2D eigenvalue weighted by molar-refractivity contribution is 5.57. The molecule has 4 aliphatic rings. The molecule has 1 heterocycles. The Bertz CT molecular complexity index is 1040. The van der Waals surface area contributed by atoms with Gasteiger partial charge in [-0.1, -0.05) is 43.3 Å². The Morgan fingerprint density at radius 1 is 1.12 bits per heavy atom. The van der Waals surface area contributed by atoms with Crippen molar-refractivity contribution in [3.63, 3.8) is 0 Å². The van der Waals surface area contributed by atoms with Crippen molar-refractivity contribution >= 4 is 6.29 Å². The van der Waals surface area contributed by atoms with Gasteiger partial charge in [0.25, 0.3) is 0 Å². The molecule has 3 fully saturated rings. The molecule has 0 bridgehead atoms. The first-order chi connectivity index (χ1) is 16.0. The summed E-state index contributed by atoms with van der Waals surface area (Å²) in [7, 11) is 0. The first kappa shape index (κ1) is 21.4. The summed E-state index contributed by atoms with van der Waals surface area (Å²) >= 11 is 0.